The normalized spacial score (nSPS) is 16.7. The number of hydrazone groups is 1. The van der Waals surface area contributed by atoms with Crippen molar-refractivity contribution in [3.63, 3.8) is 0 Å². The van der Waals surface area contributed by atoms with Gasteiger partial charge in [-0.25, -0.2) is 5.43 Å². The Labute approximate surface area is 131 Å². The van der Waals surface area contributed by atoms with Crippen LogP contribution in [0, 0.1) is 11.3 Å². The van der Waals surface area contributed by atoms with Gasteiger partial charge in [0.05, 0.1) is 5.71 Å². The third kappa shape index (κ3) is 5.42. The second-order valence-electron chi connectivity index (χ2n) is 5.56. The number of rotatable bonds is 5. The van der Waals surface area contributed by atoms with Gasteiger partial charge in [0, 0.05) is 10.6 Å². The molecule has 0 bridgehead atoms. The van der Waals surface area contributed by atoms with Crippen LogP contribution in [0.4, 0.5) is 0 Å². The quantitative estimate of drug-likeness (QED) is 0.337. The van der Waals surface area contributed by atoms with Gasteiger partial charge in [-0.1, -0.05) is 31.4 Å². The van der Waals surface area contributed by atoms with Crippen molar-refractivity contribution in [2.24, 2.45) is 16.8 Å². The van der Waals surface area contributed by atoms with Crippen LogP contribution >= 0.6 is 11.8 Å². The first-order valence-corrected chi connectivity index (χ1v) is 8.51. The maximum Gasteiger partial charge on any atom is 0.206 e. The minimum Gasteiger partial charge on any atom is -0.369 e. The smallest absolute Gasteiger partial charge is 0.206 e. The highest BCUT2D eigenvalue weighted by molar-refractivity contribution is 7.99. The minimum absolute atomic E-state index is 0.144. The maximum absolute atomic E-state index is 7.09. The molecule has 2 rings (SSSR count). The molecule has 1 saturated carbocycles. The van der Waals surface area contributed by atoms with Crippen LogP contribution < -0.4 is 11.2 Å². The van der Waals surface area contributed by atoms with Crippen molar-refractivity contribution < 1.29 is 0 Å². The number of thioether (sulfide) groups is 1. The molecular weight excluding hydrogens is 280 g/mol. The maximum atomic E-state index is 7.09. The SMILES string of the molecule is CC(=NNC(=N)N)c1ccc(SCC2CCCCC2)cc1. The van der Waals surface area contributed by atoms with E-state index in [4.69, 9.17) is 11.1 Å². The fourth-order valence-corrected chi connectivity index (χ4v) is 3.66. The molecule has 0 aromatic heterocycles. The highest BCUT2D eigenvalue weighted by atomic mass is 32.2. The number of benzene rings is 1. The van der Waals surface area contributed by atoms with E-state index in [1.807, 2.05) is 18.7 Å². The van der Waals surface area contributed by atoms with Crippen molar-refractivity contribution in [3.05, 3.63) is 29.8 Å². The van der Waals surface area contributed by atoms with E-state index in [1.165, 1.54) is 42.8 Å². The highest BCUT2D eigenvalue weighted by Crippen LogP contribution is 2.30. The molecule has 0 amide bonds. The van der Waals surface area contributed by atoms with Crippen LogP contribution in [0.25, 0.3) is 0 Å². The summed E-state index contributed by atoms with van der Waals surface area (Å²) >= 11 is 1.96. The topological polar surface area (TPSA) is 74.3 Å². The lowest BCUT2D eigenvalue weighted by Gasteiger charge is -2.20. The zero-order valence-corrected chi connectivity index (χ0v) is 13.4. The summed E-state index contributed by atoms with van der Waals surface area (Å²) in [4.78, 5) is 1.32. The van der Waals surface area contributed by atoms with Crippen molar-refractivity contribution in [2.45, 2.75) is 43.9 Å². The number of nitrogens with two attached hydrogens (primary N) is 1. The van der Waals surface area contributed by atoms with E-state index >= 15 is 0 Å². The second-order valence-corrected chi connectivity index (χ2v) is 6.66. The van der Waals surface area contributed by atoms with E-state index in [9.17, 15) is 0 Å². The molecular formula is C16H24N4S. The molecule has 5 heteroatoms. The summed E-state index contributed by atoms with van der Waals surface area (Å²) in [7, 11) is 0. The van der Waals surface area contributed by atoms with E-state index in [2.05, 4.69) is 34.8 Å². The number of nitrogens with one attached hydrogen (secondary N) is 2. The summed E-state index contributed by atoms with van der Waals surface area (Å²) in [5.41, 5.74) is 9.56. The van der Waals surface area contributed by atoms with Gasteiger partial charge < -0.3 is 5.73 Å². The second kappa shape index (κ2) is 8.08. The van der Waals surface area contributed by atoms with Crippen LogP contribution in [0.2, 0.25) is 0 Å². The van der Waals surface area contributed by atoms with Gasteiger partial charge in [-0.3, -0.25) is 5.41 Å². The Morgan fingerprint density at radius 3 is 2.57 bits per heavy atom. The number of hydrogen-bond donors (Lipinski definition) is 3. The van der Waals surface area contributed by atoms with Gasteiger partial charge in [0.1, 0.15) is 0 Å². The molecule has 1 aromatic carbocycles. The number of nitrogens with zero attached hydrogens (tertiary/aromatic N) is 1. The van der Waals surface area contributed by atoms with Crippen molar-refractivity contribution in [3.8, 4) is 0 Å². The molecule has 21 heavy (non-hydrogen) atoms. The molecule has 0 saturated heterocycles. The van der Waals surface area contributed by atoms with Gasteiger partial charge in [0.15, 0.2) is 0 Å². The van der Waals surface area contributed by atoms with Crippen LogP contribution in [0.15, 0.2) is 34.3 Å². The molecule has 0 atom stereocenters. The summed E-state index contributed by atoms with van der Waals surface area (Å²) in [6, 6.07) is 8.44. The van der Waals surface area contributed by atoms with Gasteiger partial charge in [-0.05, 0) is 43.4 Å². The lowest BCUT2D eigenvalue weighted by Crippen LogP contribution is -2.26. The van der Waals surface area contributed by atoms with E-state index < -0.39 is 0 Å². The standard InChI is InChI=1S/C16H24N4S/c1-12(19-20-16(17)18)14-7-9-15(10-8-14)21-11-13-5-3-2-4-6-13/h7-10,13H,2-6,11H2,1H3,(H4,17,18,20). The van der Waals surface area contributed by atoms with Crippen molar-refractivity contribution in [1.29, 1.82) is 5.41 Å². The van der Waals surface area contributed by atoms with E-state index in [0.29, 0.717) is 0 Å². The van der Waals surface area contributed by atoms with Gasteiger partial charge in [0.25, 0.3) is 0 Å². The third-order valence-electron chi connectivity index (χ3n) is 3.83. The molecule has 1 fully saturated rings. The van der Waals surface area contributed by atoms with Crippen LogP contribution in [0.1, 0.15) is 44.6 Å². The van der Waals surface area contributed by atoms with Gasteiger partial charge >= 0.3 is 0 Å². The molecule has 0 heterocycles. The molecule has 0 unspecified atom stereocenters. The van der Waals surface area contributed by atoms with Gasteiger partial charge in [-0.2, -0.15) is 5.10 Å². The average molecular weight is 304 g/mol. The summed E-state index contributed by atoms with van der Waals surface area (Å²) in [5.74, 6) is 1.98. The molecule has 1 aliphatic carbocycles. The minimum atomic E-state index is -0.144. The first-order chi connectivity index (χ1) is 10.1. The molecule has 1 aromatic rings. The van der Waals surface area contributed by atoms with Crippen molar-refractivity contribution in [2.75, 3.05) is 5.75 Å². The summed E-state index contributed by atoms with van der Waals surface area (Å²) in [6.45, 7) is 1.90. The molecule has 1 aliphatic rings. The van der Waals surface area contributed by atoms with E-state index in [0.717, 1.165) is 17.2 Å². The van der Waals surface area contributed by atoms with Crippen LogP contribution in [-0.4, -0.2) is 17.4 Å². The number of guanidine groups is 1. The van der Waals surface area contributed by atoms with Crippen LogP contribution in [0.5, 0.6) is 0 Å². The fraction of sp³-hybridized carbons (Fsp3) is 0.500. The molecule has 4 N–H and O–H groups in total. The lowest BCUT2D eigenvalue weighted by atomic mass is 9.91. The first-order valence-electron chi connectivity index (χ1n) is 7.52. The van der Waals surface area contributed by atoms with Gasteiger partial charge in [-0.15, -0.1) is 11.8 Å². The van der Waals surface area contributed by atoms with E-state index in [-0.39, 0.29) is 5.96 Å². The predicted octanol–water partition coefficient (Wildman–Crippen LogP) is 3.57. The Balaban J connectivity index is 1.86. The molecule has 0 aliphatic heterocycles. The Bertz CT molecular complexity index is 490. The predicted molar refractivity (Wildman–Crippen MR) is 91.0 cm³/mol. The number of hydrogen-bond acceptors (Lipinski definition) is 3. The average Bonchev–Trinajstić information content (AvgIpc) is 2.52. The van der Waals surface area contributed by atoms with Crippen molar-refractivity contribution in [1.82, 2.24) is 5.43 Å². The Morgan fingerprint density at radius 1 is 1.29 bits per heavy atom. The first kappa shape index (κ1) is 15.9. The largest absolute Gasteiger partial charge is 0.369 e. The zero-order chi connectivity index (χ0) is 15.1. The van der Waals surface area contributed by atoms with Crippen molar-refractivity contribution >= 4 is 23.4 Å². The lowest BCUT2D eigenvalue weighted by molar-refractivity contribution is 0.391. The zero-order valence-electron chi connectivity index (χ0n) is 12.6. The molecule has 4 nitrogen and oxygen atoms in total. The highest BCUT2D eigenvalue weighted by Gasteiger charge is 2.13. The monoisotopic (exact) mass is 304 g/mol. The van der Waals surface area contributed by atoms with Gasteiger partial charge in [0.2, 0.25) is 5.96 Å². The molecule has 0 radical (unpaired) electrons. The third-order valence-corrected chi connectivity index (χ3v) is 5.07. The van der Waals surface area contributed by atoms with E-state index in [1.54, 1.807) is 0 Å². The Hall–Kier alpha value is -1.49. The molecule has 0 spiro atoms. The van der Waals surface area contributed by atoms with Crippen LogP contribution in [0.3, 0.4) is 0 Å². The fourth-order valence-electron chi connectivity index (χ4n) is 2.57. The Kier molecular flexibility index (Phi) is 6.11. The van der Waals surface area contributed by atoms with Crippen LogP contribution in [-0.2, 0) is 0 Å². The summed E-state index contributed by atoms with van der Waals surface area (Å²) in [6.07, 6.45) is 7.02. The summed E-state index contributed by atoms with van der Waals surface area (Å²) < 4.78 is 0. The molecule has 114 valence electrons. The summed E-state index contributed by atoms with van der Waals surface area (Å²) in [5, 5.41) is 11.1. The Morgan fingerprint density at radius 2 is 1.95 bits per heavy atom.